The Labute approximate surface area is 115 Å². The lowest BCUT2D eigenvalue weighted by atomic mass is 9.96. The summed E-state index contributed by atoms with van der Waals surface area (Å²) >= 11 is 0. The molecule has 0 spiro atoms. The van der Waals surface area contributed by atoms with Crippen LogP contribution in [0.1, 0.15) is 22.7 Å². The fraction of sp³-hybridized carbons (Fsp3) is 0.294. The van der Waals surface area contributed by atoms with Crippen LogP contribution >= 0.6 is 0 Å². The van der Waals surface area contributed by atoms with Gasteiger partial charge in [0.1, 0.15) is 0 Å². The molecule has 2 rings (SSSR count). The van der Waals surface area contributed by atoms with Crippen LogP contribution in [0, 0.1) is 6.92 Å². The van der Waals surface area contributed by atoms with Gasteiger partial charge < -0.3 is 10.6 Å². The summed E-state index contributed by atoms with van der Waals surface area (Å²) in [6.07, 6.45) is 0.879. The molecule has 0 fully saturated rings. The van der Waals surface area contributed by atoms with E-state index < -0.39 is 0 Å². The van der Waals surface area contributed by atoms with E-state index in [0.29, 0.717) is 0 Å². The van der Waals surface area contributed by atoms with Gasteiger partial charge in [0.05, 0.1) is 0 Å². The van der Waals surface area contributed by atoms with Crippen LogP contribution in [0.3, 0.4) is 0 Å². The van der Waals surface area contributed by atoms with Gasteiger partial charge in [0.25, 0.3) is 0 Å². The zero-order chi connectivity index (χ0) is 13.8. The maximum absolute atomic E-state index is 6.35. The summed E-state index contributed by atoms with van der Waals surface area (Å²) in [5.74, 6) is 0. The van der Waals surface area contributed by atoms with Crippen LogP contribution in [0.4, 0.5) is 5.69 Å². The van der Waals surface area contributed by atoms with Gasteiger partial charge in [0.15, 0.2) is 0 Å². The minimum Gasteiger partial charge on any atom is -0.378 e. The van der Waals surface area contributed by atoms with Crippen molar-refractivity contribution in [2.24, 2.45) is 5.73 Å². The summed E-state index contributed by atoms with van der Waals surface area (Å²) in [4.78, 5) is 2.10. The van der Waals surface area contributed by atoms with E-state index in [1.54, 1.807) is 0 Å². The van der Waals surface area contributed by atoms with E-state index >= 15 is 0 Å². The average molecular weight is 254 g/mol. The molecule has 2 heteroatoms. The minimum atomic E-state index is 0.0426. The van der Waals surface area contributed by atoms with E-state index in [2.05, 4.69) is 60.4 Å². The Morgan fingerprint density at radius 3 is 2.47 bits per heavy atom. The highest BCUT2D eigenvalue weighted by Crippen LogP contribution is 2.22. The summed E-state index contributed by atoms with van der Waals surface area (Å²) < 4.78 is 0. The van der Waals surface area contributed by atoms with Crippen molar-refractivity contribution < 1.29 is 0 Å². The van der Waals surface area contributed by atoms with Crippen molar-refractivity contribution in [2.45, 2.75) is 19.4 Å². The van der Waals surface area contributed by atoms with Crippen molar-refractivity contribution in [2.75, 3.05) is 19.0 Å². The van der Waals surface area contributed by atoms with Crippen LogP contribution in [0.25, 0.3) is 0 Å². The lowest BCUT2D eigenvalue weighted by molar-refractivity contribution is 0.718. The molecule has 0 aliphatic carbocycles. The van der Waals surface area contributed by atoms with E-state index in [-0.39, 0.29) is 6.04 Å². The topological polar surface area (TPSA) is 29.3 Å². The Kier molecular flexibility index (Phi) is 4.23. The molecule has 2 aromatic carbocycles. The molecule has 0 radical (unpaired) electrons. The standard InChI is InChI=1S/C17H22N2/c1-13-7-4-5-8-14(13)12-17(18)15-9-6-10-16(11-15)19(2)3/h4-11,17H,12,18H2,1-3H3. The number of hydrogen-bond donors (Lipinski definition) is 1. The summed E-state index contributed by atoms with van der Waals surface area (Å²) in [6.45, 7) is 2.14. The second-order valence-corrected chi connectivity index (χ2v) is 5.23. The van der Waals surface area contributed by atoms with E-state index in [4.69, 9.17) is 5.73 Å². The number of hydrogen-bond acceptors (Lipinski definition) is 2. The van der Waals surface area contributed by atoms with E-state index in [0.717, 1.165) is 6.42 Å². The number of nitrogens with two attached hydrogens (primary N) is 1. The molecule has 0 amide bonds. The van der Waals surface area contributed by atoms with E-state index in [9.17, 15) is 0 Å². The first-order chi connectivity index (χ1) is 9.08. The van der Waals surface area contributed by atoms with Crippen molar-refractivity contribution >= 4 is 5.69 Å². The molecule has 0 bridgehead atoms. The van der Waals surface area contributed by atoms with E-state index in [1.165, 1.54) is 22.4 Å². The monoisotopic (exact) mass is 254 g/mol. The molecule has 0 aromatic heterocycles. The molecule has 1 atom stereocenters. The maximum atomic E-state index is 6.35. The smallest absolute Gasteiger partial charge is 0.0364 e. The molecule has 0 heterocycles. The normalized spacial score (nSPS) is 12.2. The van der Waals surface area contributed by atoms with Gasteiger partial charge in [-0.25, -0.2) is 0 Å². The minimum absolute atomic E-state index is 0.0426. The Bertz CT molecular complexity index is 546. The third kappa shape index (κ3) is 3.36. The number of rotatable bonds is 4. The molecule has 2 N–H and O–H groups in total. The predicted molar refractivity (Wildman–Crippen MR) is 82.6 cm³/mol. The highest BCUT2D eigenvalue weighted by Gasteiger charge is 2.09. The first-order valence-electron chi connectivity index (χ1n) is 6.65. The molecule has 2 aromatic rings. The SMILES string of the molecule is Cc1ccccc1CC(N)c1cccc(N(C)C)c1. The van der Waals surface area contributed by atoms with Gasteiger partial charge in [-0.15, -0.1) is 0 Å². The molecule has 0 saturated heterocycles. The maximum Gasteiger partial charge on any atom is 0.0364 e. The molecule has 100 valence electrons. The number of aryl methyl sites for hydroxylation is 1. The molecule has 0 saturated carbocycles. The van der Waals surface area contributed by atoms with Crippen LogP contribution in [0.15, 0.2) is 48.5 Å². The summed E-state index contributed by atoms with van der Waals surface area (Å²) in [6, 6.07) is 16.9. The van der Waals surface area contributed by atoms with Crippen LogP contribution in [0.5, 0.6) is 0 Å². The summed E-state index contributed by atoms with van der Waals surface area (Å²) in [7, 11) is 4.10. The first kappa shape index (κ1) is 13.6. The van der Waals surface area contributed by atoms with Crippen molar-refractivity contribution in [1.82, 2.24) is 0 Å². The molecular weight excluding hydrogens is 232 g/mol. The lowest BCUT2D eigenvalue weighted by Gasteiger charge is -2.18. The lowest BCUT2D eigenvalue weighted by Crippen LogP contribution is -2.15. The fourth-order valence-electron chi connectivity index (χ4n) is 2.23. The van der Waals surface area contributed by atoms with Gasteiger partial charge in [0, 0.05) is 25.8 Å². The zero-order valence-electron chi connectivity index (χ0n) is 11.9. The van der Waals surface area contributed by atoms with Crippen LogP contribution in [-0.2, 0) is 6.42 Å². The van der Waals surface area contributed by atoms with Crippen molar-refractivity contribution in [1.29, 1.82) is 0 Å². The van der Waals surface area contributed by atoms with Crippen molar-refractivity contribution in [3.8, 4) is 0 Å². The third-order valence-electron chi connectivity index (χ3n) is 3.52. The predicted octanol–water partition coefficient (Wildman–Crippen LogP) is 3.30. The second kappa shape index (κ2) is 5.89. The molecule has 0 aliphatic rings. The van der Waals surface area contributed by atoms with Gasteiger partial charge in [-0.05, 0) is 42.2 Å². The van der Waals surface area contributed by atoms with Gasteiger partial charge >= 0.3 is 0 Å². The Hall–Kier alpha value is -1.80. The van der Waals surface area contributed by atoms with Crippen LogP contribution in [0.2, 0.25) is 0 Å². The van der Waals surface area contributed by atoms with Crippen molar-refractivity contribution in [3.63, 3.8) is 0 Å². The highest BCUT2D eigenvalue weighted by molar-refractivity contribution is 5.48. The molecule has 0 aliphatic heterocycles. The summed E-state index contributed by atoms with van der Waals surface area (Å²) in [5.41, 5.74) is 11.4. The quantitative estimate of drug-likeness (QED) is 0.907. The first-order valence-corrected chi connectivity index (χ1v) is 6.65. The Morgan fingerprint density at radius 2 is 1.79 bits per heavy atom. The summed E-state index contributed by atoms with van der Waals surface area (Å²) in [5, 5.41) is 0. The van der Waals surface area contributed by atoms with Crippen LogP contribution in [-0.4, -0.2) is 14.1 Å². The Balaban J connectivity index is 2.18. The number of nitrogens with zero attached hydrogens (tertiary/aromatic N) is 1. The van der Waals surface area contributed by atoms with Gasteiger partial charge in [-0.3, -0.25) is 0 Å². The molecule has 2 nitrogen and oxygen atoms in total. The Morgan fingerprint density at radius 1 is 1.05 bits per heavy atom. The molecule has 1 unspecified atom stereocenters. The molecular formula is C17H22N2. The van der Waals surface area contributed by atoms with Gasteiger partial charge in [-0.2, -0.15) is 0 Å². The van der Waals surface area contributed by atoms with Gasteiger partial charge in [-0.1, -0.05) is 36.4 Å². The van der Waals surface area contributed by atoms with Crippen LogP contribution < -0.4 is 10.6 Å². The van der Waals surface area contributed by atoms with Crippen molar-refractivity contribution in [3.05, 3.63) is 65.2 Å². The second-order valence-electron chi connectivity index (χ2n) is 5.23. The number of benzene rings is 2. The highest BCUT2D eigenvalue weighted by atomic mass is 15.1. The zero-order valence-corrected chi connectivity index (χ0v) is 11.9. The third-order valence-corrected chi connectivity index (χ3v) is 3.52. The largest absolute Gasteiger partial charge is 0.378 e. The van der Waals surface area contributed by atoms with Gasteiger partial charge in [0.2, 0.25) is 0 Å². The van der Waals surface area contributed by atoms with E-state index in [1.807, 2.05) is 14.1 Å². The fourth-order valence-corrected chi connectivity index (χ4v) is 2.23. The number of anilines is 1. The average Bonchev–Trinajstić information content (AvgIpc) is 2.41. The molecule has 19 heavy (non-hydrogen) atoms.